The molecule has 4 rings (SSSR count). The van der Waals surface area contributed by atoms with Crippen LogP contribution in [0.15, 0.2) is 53.3 Å². The first kappa shape index (κ1) is 15.4. The first-order chi connectivity index (χ1) is 12.2. The summed E-state index contributed by atoms with van der Waals surface area (Å²) in [4.78, 5) is 24.0. The molecule has 1 atom stereocenters. The monoisotopic (exact) mass is 334 g/mol. The molecule has 1 aliphatic rings. The van der Waals surface area contributed by atoms with Gasteiger partial charge in [-0.2, -0.15) is 5.10 Å². The Kier molecular flexibility index (Phi) is 3.93. The number of hydrogen-bond donors (Lipinski definition) is 3. The van der Waals surface area contributed by atoms with E-state index in [1.165, 1.54) is 5.56 Å². The van der Waals surface area contributed by atoms with Gasteiger partial charge in [-0.1, -0.05) is 42.5 Å². The van der Waals surface area contributed by atoms with Crippen molar-refractivity contribution in [2.45, 2.75) is 12.3 Å². The summed E-state index contributed by atoms with van der Waals surface area (Å²) in [6.07, 6.45) is 0.807. The molecule has 25 heavy (non-hydrogen) atoms. The quantitative estimate of drug-likeness (QED) is 0.621. The zero-order valence-corrected chi connectivity index (χ0v) is 13.6. The second kappa shape index (κ2) is 6.39. The van der Waals surface area contributed by atoms with Crippen LogP contribution in [0.2, 0.25) is 0 Å². The number of nitrogens with zero attached hydrogens (tertiary/aromatic N) is 1. The molecule has 3 N–H and O–H groups in total. The Labute approximate surface area is 144 Å². The summed E-state index contributed by atoms with van der Waals surface area (Å²) in [7, 11) is 0. The van der Waals surface area contributed by atoms with Crippen LogP contribution >= 0.6 is 0 Å². The molecule has 0 spiro atoms. The van der Waals surface area contributed by atoms with Gasteiger partial charge in [0.1, 0.15) is 0 Å². The van der Waals surface area contributed by atoms with E-state index in [2.05, 4.69) is 26.9 Å². The van der Waals surface area contributed by atoms with Crippen molar-refractivity contribution in [1.82, 2.24) is 15.5 Å². The Morgan fingerprint density at radius 1 is 1.08 bits per heavy atom. The molecule has 6 nitrogen and oxygen atoms in total. The zero-order valence-electron chi connectivity index (χ0n) is 13.6. The fraction of sp³-hybridized carbons (Fsp3) is 0.211. The van der Waals surface area contributed by atoms with Gasteiger partial charge in [0.15, 0.2) is 5.82 Å². The van der Waals surface area contributed by atoms with Crippen LogP contribution in [-0.4, -0.2) is 29.2 Å². The number of aromatic amines is 1. The molecule has 1 unspecified atom stereocenters. The fourth-order valence-electron chi connectivity index (χ4n) is 3.23. The first-order valence-electron chi connectivity index (χ1n) is 8.31. The largest absolute Gasteiger partial charge is 0.366 e. The molecular formula is C19H18N4O2. The minimum atomic E-state index is -0.210. The van der Waals surface area contributed by atoms with Crippen LogP contribution in [0.4, 0.5) is 5.82 Å². The Morgan fingerprint density at radius 3 is 2.68 bits per heavy atom. The van der Waals surface area contributed by atoms with Crippen LogP contribution in [0.3, 0.4) is 0 Å². The maximum Gasteiger partial charge on any atom is 0.272 e. The van der Waals surface area contributed by atoms with Crippen molar-refractivity contribution in [2.24, 2.45) is 0 Å². The van der Waals surface area contributed by atoms with Gasteiger partial charge in [-0.05, 0) is 23.6 Å². The number of benzene rings is 2. The van der Waals surface area contributed by atoms with Crippen LogP contribution < -0.4 is 16.2 Å². The minimum Gasteiger partial charge on any atom is -0.366 e. The van der Waals surface area contributed by atoms with E-state index in [-0.39, 0.29) is 17.4 Å². The third-order valence-corrected chi connectivity index (χ3v) is 4.58. The molecule has 1 aliphatic carbocycles. The maximum absolute atomic E-state index is 12.3. The summed E-state index contributed by atoms with van der Waals surface area (Å²) in [6.45, 7) is 1.02. The molecule has 0 bridgehead atoms. The highest BCUT2D eigenvalue weighted by atomic mass is 16.2. The van der Waals surface area contributed by atoms with Crippen molar-refractivity contribution in [1.29, 1.82) is 0 Å². The van der Waals surface area contributed by atoms with Gasteiger partial charge in [-0.25, -0.2) is 5.10 Å². The van der Waals surface area contributed by atoms with Gasteiger partial charge in [0.25, 0.3) is 5.56 Å². The van der Waals surface area contributed by atoms with Crippen LogP contribution in [0.1, 0.15) is 17.0 Å². The SMILES string of the molecule is O=C(NCCNc1n[nH]c(=O)c2ccccc12)C1Cc2ccccc21. The molecule has 2 aromatic carbocycles. The third-order valence-electron chi connectivity index (χ3n) is 4.58. The van der Waals surface area contributed by atoms with Crippen molar-refractivity contribution in [3.8, 4) is 0 Å². The summed E-state index contributed by atoms with van der Waals surface area (Å²) in [5.41, 5.74) is 2.17. The van der Waals surface area contributed by atoms with Gasteiger partial charge < -0.3 is 10.6 Å². The van der Waals surface area contributed by atoms with Gasteiger partial charge in [0.05, 0.1) is 11.3 Å². The molecule has 3 aromatic rings. The van der Waals surface area contributed by atoms with E-state index >= 15 is 0 Å². The van der Waals surface area contributed by atoms with Crippen molar-refractivity contribution in [3.63, 3.8) is 0 Å². The standard InChI is InChI=1S/C19H18N4O2/c24-18(16-11-12-5-1-2-6-13(12)16)21-10-9-20-17-14-7-3-4-8-15(14)19(25)23-22-17/h1-8,16H,9-11H2,(H,20,22)(H,21,24)(H,23,25). The number of anilines is 1. The Hall–Kier alpha value is -3.15. The average Bonchev–Trinajstić information content (AvgIpc) is 2.62. The number of aromatic nitrogens is 2. The molecule has 126 valence electrons. The zero-order chi connectivity index (χ0) is 17.2. The normalized spacial score (nSPS) is 15.3. The predicted octanol–water partition coefficient (Wildman–Crippen LogP) is 1.79. The van der Waals surface area contributed by atoms with Gasteiger partial charge in [0, 0.05) is 18.5 Å². The van der Waals surface area contributed by atoms with E-state index in [9.17, 15) is 9.59 Å². The van der Waals surface area contributed by atoms with E-state index < -0.39 is 0 Å². The summed E-state index contributed by atoms with van der Waals surface area (Å²) >= 11 is 0. The lowest BCUT2D eigenvalue weighted by atomic mass is 9.77. The highest BCUT2D eigenvalue weighted by molar-refractivity contribution is 5.90. The topological polar surface area (TPSA) is 86.9 Å². The van der Waals surface area contributed by atoms with Gasteiger partial charge in [0.2, 0.25) is 5.91 Å². The van der Waals surface area contributed by atoms with Crippen LogP contribution in [-0.2, 0) is 11.2 Å². The van der Waals surface area contributed by atoms with E-state index in [4.69, 9.17) is 0 Å². The minimum absolute atomic E-state index is 0.0387. The Balaban J connectivity index is 1.34. The summed E-state index contributed by atoms with van der Waals surface area (Å²) < 4.78 is 0. The average molecular weight is 334 g/mol. The number of carbonyl (C=O) groups excluding carboxylic acids is 1. The van der Waals surface area contributed by atoms with Crippen LogP contribution in [0, 0.1) is 0 Å². The number of H-pyrrole nitrogens is 1. The summed E-state index contributed by atoms with van der Waals surface area (Å²) in [6, 6.07) is 15.3. The molecule has 0 fully saturated rings. The Bertz CT molecular complexity index is 996. The first-order valence-corrected chi connectivity index (χ1v) is 8.31. The highest BCUT2D eigenvalue weighted by Crippen LogP contribution is 2.34. The van der Waals surface area contributed by atoms with Crippen LogP contribution in [0.25, 0.3) is 10.8 Å². The van der Waals surface area contributed by atoms with E-state index in [0.717, 1.165) is 17.4 Å². The number of fused-ring (bicyclic) bond motifs is 2. The number of nitrogens with one attached hydrogen (secondary N) is 3. The molecule has 0 saturated carbocycles. The molecule has 0 radical (unpaired) electrons. The van der Waals surface area contributed by atoms with Gasteiger partial charge >= 0.3 is 0 Å². The van der Waals surface area contributed by atoms with E-state index in [0.29, 0.717) is 24.3 Å². The number of hydrogen-bond acceptors (Lipinski definition) is 4. The fourth-order valence-corrected chi connectivity index (χ4v) is 3.23. The second-order valence-electron chi connectivity index (χ2n) is 6.12. The van der Waals surface area contributed by atoms with E-state index in [1.54, 1.807) is 6.07 Å². The van der Waals surface area contributed by atoms with Crippen LogP contribution in [0.5, 0.6) is 0 Å². The second-order valence-corrected chi connectivity index (χ2v) is 6.12. The molecule has 0 saturated heterocycles. The number of carbonyl (C=O) groups is 1. The molecule has 1 aromatic heterocycles. The lowest BCUT2D eigenvalue weighted by Crippen LogP contribution is -2.37. The molecule has 1 heterocycles. The molecule has 6 heteroatoms. The van der Waals surface area contributed by atoms with E-state index in [1.807, 2.05) is 36.4 Å². The summed E-state index contributed by atoms with van der Waals surface area (Å²) in [5.74, 6) is 0.626. The maximum atomic E-state index is 12.3. The van der Waals surface area contributed by atoms with Gasteiger partial charge in [-0.15, -0.1) is 0 Å². The third kappa shape index (κ3) is 2.87. The highest BCUT2D eigenvalue weighted by Gasteiger charge is 2.31. The van der Waals surface area contributed by atoms with Crippen molar-refractivity contribution >= 4 is 22.5 Å². The predicted molar refractivity (Wildman–Crippen MR) is 96.8 cm³/mol. The molecule has 1 amide bonds. The van der Waals surface area contributed by atoms with Crippen molar-refractivity contribution in [2.75, 3.05) is 18.4 Å². The van der Waals surface area contributed by atoms with Crippen molar-refractivity contribution < 1.29 is 4.79 Å². The molecular weight excluding hydrogens is 316 g/mol. The lowest BCUT2D eigenvalue weighted by molar-refractivity contribution is -0.123. The lowest BCUT2D eigenvalue weighted by Gasteiger charge is -2.28. The van der Waals surface area contributed by atoms with Gasteiger partial charge in [-0.3, -0.25) is 9.59 Å². The van der Waals surface area contributed by atoms with Crippen molar-refractivity contribution in [3.05, 3.63) is 70.0 Å². The smallest absolute Gasteiger partial charge is 0.272 e. The number of amides is 1. The Morgan fingerprint density at radius 2 is 1.84 bits per heavy atom. The number of rotatable bonds is 5. The summed E-state index contributed by atoms with van der Waals surface area (Å²) in [5, 5.41) is 14.0. The molecule has 0 aliphatic heterocycles.